The lowest BCUT2D eigenvalue weighted by Crippen LogP contribution is -2.44. The van der Waals surface area contributed by atoms with Crippen LogP contribution in [0.25, 0.3) is 0 Å². The number of carbonyl (C=O) groups excluding carboxylic acids is 1. The third-order valence-corrected chi connectivity index (χ3v) is 4.57. The molecule has 3 rings (SSSR count). The molecule has 1 aliphatic heterocycles. The average molecular weight is 339 g/mol. The zero-order valence-corrected chi connectivity index (χ0v) is 14.9. The fourth-order valence-electron chi connectivity index (χ4n) is 2.92. The lowest BCUT2D eigenvalue weighted by atomic mass is 10.2. The van der Waals surface area contributed by atoms with Crippen LogP contribution in [0.15, 0.2) is 42.7 Å². The lowest BCUT2D eigenvalue weighted by Gasteiger charge is -2.33. The molecular formula is C19H25N5O. The summed E-state index contributed by atoms with van der Waals surface area (Å²) < 4.78 is 0. The molecule has 0 spiro atoms. The fourth-order valence-corrected chi connectivity index (χ4v) is 2.92. The van der Waals surface area contributed by atoms with E-state index in [1.807, 2.05) is 37.3 Å². The van der Waals surface area contributed by atoms with Crippen LogP contribution in [0.2, 0.25) is 0 Å². The van der Waals surface area contributed by atoms with E-state index in [1.165, 1.54) is 0 Å². The lowest BCUT2D eigenvalue weighted by molar-refractivity contribution is 0.0746. The summed E-state index contributed by atoms with van der Waals surface area (Å²) >= 11 is 0. The first-order valence-corrected chi connectivity index (χ1v) is 8.76. The molecule has 1 fully saturated rings. The van der Waals surface area contributed by atoms with Gasteiger partial charge in [-0.3, -0.25) is 4.79 Å². The van der Waals surface area contributed by atoms with Gasteiger partial charge in [-0.2, -0.15) is 0 Å². The summed E-state index contributed by atoms with van der Waals surface area (Å²) in [5.74, 6) is 0.763. The zero-order valence-electron chi connectivity index (χ0n) is 14.9. The van der Waals surface area contributed by atoms with Gasteiger partial charge < -0.3 is 14.7 Å². The Morgan fingerprint density at radius 3 is 2.40 bits per heavy atom. The Morgan fingerprint density at radius 1 is 1.08 bits per heavy atom. The highest BCUT2D eigenvalue weighted by atomic mass is 16.2. The molecule has 1 saturated heterocycles. The topological polar surface area (TPSA) is 52.6 Å². The number of amides is 1. The van der Waals surface area contributed by atoms with Crippen molar-refractivity contribution < 1.29 is 4.79 Å². The highest BCUT2D eigenvalue weighted by Crippen LogP contribution is 2.13. The van der Waals surface area contributed by atoms with Gasteiger partial charge in [0.25, 0.3) is 5.91 Å². The zero-order chi connectivity index (χ0) is 17.6. The molecule has 0 N–H and O–H groups in total. The van der Waals surface area contributed by atoms with E-state index in [2.05, 4.69) is 26.8 Å². The fraction of sp³-hybridized carbons (Fsp3) is 0.421. The average Bonchev–Trinajstić information content (AvgIpc) is 2.67. The van der Waals surface area contributed by atoms with Crippen LogP contribution in [0.4, 0.5) is 5.82 Å². The number of hydrogen-bond donors (Lipinski definition) is 0. The maximum Gasteiger partial charge on any atom is 0.274 e. The van der Waals surface area contributed by atoms with Crippen LogP contribution in [0.3, 0.4) is 0 Å². The monoisotopic (exact) mass is 339 g/mol. The first kappa shape index (κ1) is 17.4. The van der Waals surface area contributed by atoms with Gasteiger partial charge in [-0.05, 0) is 19.5 Å². The van der Waals surface area contributed by atoms with Gasteiger partial charge in [0.15, 0.2) is 0 Å². The van der Waals surface area contributed by atoms with E-state index in [-0.39, 0.29) is 5.91 Å². The maximum absolute atomic E-state index is 12.7. The number of anilines is 1. The number of nitrogens with zero attached hydrogens (tertiary/aromatic N) is 5. The van der Waals surface area contributed by atoms with Crippen molar-refractivity contribution in [1.29, 1.82) is 0 Å². The minimum Gasteiger partial charge on any atom is -0.353 e. The molecule has 1 amide bonds. The van der Waals surface area contributed by atoms with Gasteiger partial charge in [0, 0.05) is 39.3 Å². The van der Waals surface area contributed by atoms with Crippen LogP contribution in [-0.4, -0.2) is 65.4 Å². The van der Waals surface area contributed by atoms with Crippen molar-refractivity contribution in [3.8, 4) is 0 Å². The summed E-state index contributed by atoms with van der Waals surface area (Å²) in [4.78, 5) is 27.9. The van der Waals surface area contributed by atoms with E-state index in [0.29, 0.717) is 18.8 Å². The largest absolute Gasteiger partial charge is 0.353 e. The minimum absolute atomic E-state index is 0.0798. The Hall–Kier alpha value is -2.47. The highest BCUT2D eigenvalue weighted by molar-refractivity contribution is 5.92. The molecule has 6 heteroatoms. The summed E-state index contributed by atoms with van der Waals surface area (Å²) in [5, 5.41) is 0. The van der Waals surface area contributed by atoms with E-state index in [1.54, 1.807) is 17.3 Å². The molecule has 0 unspecified atom stereocenters. The molecule has 2 heterocycles. The van der Waals surface area contributed by atoms with Crippen molar-refractivity contribution >= 4 is 11.7 Å². The van der Waals surface area contributed by atoms with E-state index in [0.717, 1.165) is 37.6 Å². The van der Waals surface area contributed by atoms with Crippen molar-refractivity contribution in [3.63, 3.8) is 0 Å². The molecule has 2 aromatic rings. The summed E-state index contributed by atoms with van der Waals surface area (Å²) in [6.45, 7) is 7.10. The van der Waals surface area contributed by atoms with E-state index in [4.69, 9.17) is 0 Å². The molecule has 0 bridgehead atoms. The standard InChI is InChI=1S/C19H25N5O/c1-3-23(15-16-7-5-4-6-8-16)19(25)17-13-21-18(14-20-17)24-11-9-22(2)10-12-24/h4-8,13-14H,3,9-12,15H2,1-2H3. The molecular weight excluding hydrogens is 314 g/mol. The Morgan fingerprint density at radius 2 is 1.80 bits per heavy atom. The van der Waals surface area contributed by atoms with Gasteiger partial charge in [-0.25, -0.2) is 9.97 Å². The number of aromatic nitrogens is 2. The summed E-state index contributed by atoms with van der Waals surface area (Å²) in [6, 6.07) is 10.00. The second kappa shape index (κ2) is 8.07. The summed E-state index contributed by atoms with van der Waals surface area (Å²) in [7, 11) is 2.12. The normalized spacial score (nSPS) is 15.2. The van der Waals surface area contributed by atoms with Crippen LogP contribution in [-0.2, 0) is 6.54 Å². The molecule has 132 valence electrons. The van der Waals surface area contributed by atoms with E-state index in [9.17, 15) is 4.79 Å². The third-order valence-electron chi connectivity index (χ3n) is 4.57. The highest BCUT2D eigenvalue weighted by Gasteiger charge is 2.19. The van der Waals surface area contributed by atoms with Gasteiger partial charge in [0.1, 0.15) is 11.5 Å². The molecule has 0 radical (unpaired) electrons. The van der Waals surface area contributed by atoms with Gasteiger partial charge in [0.05, 0.1) is 12.4 Å². The SMILES string of the molecule is CCN(Cc1ccccc1)C(=O)c1cnc(N2CCN(C)CC2)cn1. The van der Waals surface area contributed by atoms with Crippen LogP contribution < -0.4 is 4.90 Å². The molecule has 0 atom stereocenters. The second-order valence-corrected chi connectivity index (χ2v) is 6.36. The summed E-state index contributed by atoms with van der Waals surface area (Å²) in [5.41, 5.74) is 1.51. The first-order chi connectivity index (χ1) is 12.2. The molecule has 25 heavy (non-hydrogen) atoms. The molecule has 0 aliphatic carbocycles. The Bertz CT molecular complexity index is 681. The van der Waals surface area contributed by atoms with E-state index < -0.39 is 0 Å². The second-order valence-electron chi connectivity index (χ2n) is 6.36. The number of rotatable bonds is 5. The van der Waals surface area contributed by atoms with Gasteiger partial charge in [-0.15, -0.1) is 0 Å². The van der Waals surface area contributed by atoms with Crippen LogP contribution in [0, 0.1) is 0 Å². The number of carbonyl (C=O) groups is 1. The predicted octanol–water partition coefficient (Wildman–Crippen LogP) is 1.89. The third kappa shape index (κ3) is 4.33. The Balaban J connectivity index is 1.67. The van der Waals surface area contributed by atoms with Crippen molar-refractivity contribution in [1.82, 2.24) is 19.8 Å². The smallest absolute Gasteiger partial charge is 0.274 e. The number of piperazine rings is 1. The molecule has 0 saturated carbocycles. The van der Waals surface area contributed by atoms with Crippen molar-refractivity contribution in [2.45, 2.75) is 13.5 Å². The minimum atomic E-state index is -0.0798. The summed E-state index contributed by atoms with van der Waals surface area (Å²) in [6.07, 6.45) is 3.32. The molecule has 1 aromatic heterocycles. The predicted molar refractivity (Wildman–Crippen MR) is 98.6 cm³/mol. The van der Waals surface area contributed by atoms with Gasteiger partial charge in [-0.1, -0.05) is 30.3 Å². The van der Waals surface area contributed by atoms with Gasteiger partial charge in [0.2, 0.25) is 0 Å². The first-order valence-electron chi connectivity index (χ1n) is 8.76. The van der Waals surface area contributed by atoms with E-state index >= 15 is 0 Å². The Kier molecular flexibility index (Phi) is 5.60. The quantitative estimate of drug-likeness (QED) is 0.833. The van der Waals surface area contributed by atoms with Crippen molar-refractivity contribution in [2.24, 2.45) is 0 Å². The van der Waals surface area contributed by atoms with Crippen molar-refractivity contribution in [2.75, 3.05) is 44.7 Å². The van der Waals surface area contributed by atoms with Crippen LogP contribution in [0.1, 0.15) is 23.0 Å². The van der Waals surface area contributed by atoms with Crippen LogP contribution in [0.5, 0.6) is 0 Å². The molecule has 1 aromatic carbocycles. The van der Waals surface area contributed by atoms with Crippen LogP contribution >= 0.6 is 0 Å². The molecule has 1 aliphatic rings. The Labute approximate surface area is 149 Å². The number of benzene rings is 1. The molecule has 6 nitrogen and oxygen atoms in total. The van der Waals surface area contributed by atoms with Crippen molar-refractivity contribution in [3.05, 3.63) is 54.0 Å². The van der Waals surface area contributed by atoms with Gasteiger partial charge >= 0.3 is 0 Å². The maximum atomic E-state index is 12.7. The number of hydrogen-bond acceptors (Lipinski definition) is 5. The number of likely N-dealkylation sites (N-methyl/N-ethyl adjacent to an activating group) is 1.